The molecule has 84 valence electrons. The number of hydrogen-bond donors (Lipinski definition) is 1. The zero-order chi connectivity index (χ0) is 11.2. The van der Waals surface area contributed by atoms with Crippen LogP contribution in [0.1, 0.15) is 18.5 Å². The molecule has 1 atom stereocenters. The Balaban J connectivity index is 1.78. The molecule has 1 N–H and O–H groups in total. The first-order valence-electron chi connectivity index (χ1n) is 5.62. The minimum atomic E-state index is 0.386. The van der Waals surface area contributed by atoms with E-state index in [4.69, 9.17) is 0 Å². The maximum atomic E-state index is 4.16. The summed E-state index contributed by atoms with van der Waals surface area (Å²) in [7, 11) is 0. The number of nitrogens with one attached hydrogen (secondary N) is 1. The molecule has 3 nitrogen and oxygen atoms in total. The first kappa shape index (κ1) is 10.9. The molecule has 0 aliphatic heterocycles. The van der Waals surface area contributed by atoms with E-state index in [1.54, 1.807) is 6.20 Å². The number of hydrogen-bond acceptors (Lipinski definition) is 2. The molecule has 3 heteroatoms. The molecule has 1 aromatic heterocycles. The summed E-state index contributed by atoms with van der Waals surface area (Å²) < 4.78 is 1.94. The van der Waals surface area contributed by atoms with Gasteiger partial charge in [-0.1, -0.05) is 30.3 Å². The summed E-state index contributed by atoms with van der Waals surface area (Å²) in [5, 5.41) is 7.64. The van der Waals surface area contributed by atoms with Crippen molar-refractivity contribution < 1.29 is 0 Å². The first-order valence-corrected chi connectivity index (χ1v) is 5.62. The van der Waals surface area contributed by atoms with E-state index < -0.39 is 0 Å². The molecule has 0 aliphatic rings. The molecule has 0 saturated heterocycles. The fraction of sp³-hybridized carbons (Fsp3) is 0.308. The molecule has 2 aromatic rings. The second-order valence-corrected chi connectivity index (χ2v) is 3.86. The van der Waals surface area contributed by atoms with Crippen molar-refractivity contribution in [1.29, 1.82) is 0 Å². The van der Waals surface area contributed by atoms with E-state index >= 15 is 0 Å². The van der Waals surface area contributed by atoms with Crippen LogP contribution >= 0.6 is 0 Å². The van der Waals surface area contributed by atoms with Crippen LogP contribution in [-0.2, 0) is 6.54 Å². The second-order valence-electron chi connectivity index (χ2n) is 3.86. The fourth-order valence-corrected chi connectivity index (χ4v) is 1.69. The van der Waals surface area contributed by atoms with Crippen LogP contribution in [0.25, 0.3) is 0 Å². The van der Waals surface area contributed by atoms with Crippen molar-refractivity contribution in [1.82, 2.24) is 15.1 Å². The van der Waals surface area contributed by atoms with E-state index in [-0.39, 0.29) is 0 Å². The Morgan fingerprint density at radius 2 is 2.06 bits per heavy atom. The van der Waals surface area contributed by atoms with Gasteiger partial charge in [0.2, 0.25) is 0 Å². The molecular weight excluding hydrogens is 198 g/mol. The third-order valence-electron chi connectivity index (χ3n) is 2.65. The zero-order valence-corrected chi connectivity index (χ0v) is 9.50. The topological polar surface area (TPSA) is 29.9 Å². The van der Waals surface area contributed by atoms with Gasteiger partial charge in [0.1, 0.15) is 0 Å². The van der Waals surface area contributed by atoms with E-state index in [9.17, 15) is 0 Å². The third-order valence-corrected chi connectivity index (χ3v) is 2.65. The Morgan fingerprint density at radius 1 is 1.25 bits per heavy atom. The first-order chi connectivity index (χ1) is 7.86. The van der Waals surface area contributed by atoms with Gasteiger partial charge in [0.25, 0.3) is 0 Å². The van der Waals surface area contributed by atoms with Gasteiger partial charge >= 0.3 is 0 Å². The lowest BCUT2D eigenvalue weighted by Gasteiger charge is -2.13. The monoisotopic (exact) mass is 215 g/mol. The highest BCUT2D eigenvalue weighted by Gasteiger charge is 2.02. The van der Waals surface area contributed by atoms with Crippen molar-refractivity contribution in [3.8, 4) is 0 Å². The number of aromatic nitrogens is 2. The normalized spacial score (nSPS) is 12.6. The Labute approximate surface area is 96.1 Å². The van der Waals surface area contributed by atoms with E-state index in [0.29, 0.717) is 6.04 Å². The van der Waals surface area contributed by atoms with Crippen molar-refractivity contribution in [3.05, 3.63) is 54.4 Å². The van der Waals surface area contributed by atoms with E-state index in [0.717, 1.165) is 13.1 Å². The Kier molecular flexibility index (Phi) is 3.72. The summed E-state index contributed by atoms with van der Waals surface area (Å²) in [6.45, 7) is 4.01. The summed E-state index contributed by atoms with van der Waals surface area (Å²) in [6.07, 6.45) is 3.79. The third kappa shape index (κ3) is 2.94. The molecule has 0 radical (unpaired) electrons. The molecule has 1 heterocycles. The molecule has 0 aliphatic carbocycles. The van der Waals surface area contributed by atoms with Crippen LogP contribution in [-0.4, -0.2) is 16.3 Å². The molecule has 0 unspecified atom stereocenters. The minimum absolute atomic E-state index is 0.386. The number of nitrogens with zero attached hydrogens (tertiary/aromatic N) is 2. The van der Waals surface area contributed by atoms with Gasteiger partial charge in [-0.25, -0.2) is 0 Å². The quantitative estimate of drug-likeness (QED) is 0.829. The number of rotatable bonds is 5. The van der Waals surface area contributed by atoms with E-state index in [1.165, 1.54) is 5.56 Å². The minimum Gasteiger partial charge on any atom is -0.308 e. The van der Waals surface area contributed by atoms with Crippen LogP contribution in [0.15, 0.2) is 48.8 Å². The molecule has 0 amide bonds. The Hall–Kier alpha value is -1.61. The van der Waals surface area contributed by atoms with Crippen LogP contribution in [0.3, 0.4) is 0 Å². The average Bonchev–Trinajstić information content (AvgIpc) is 2.83. The van der Waals surface area contributed by atoms with Gasteiger partial charge in [-0.2, -0.15) is 5.10 Å². The highest BCUT2D eigenvalue weighted by molar-refractivity contribution is 5.17. The van der Waals surface area contributed by atoms with Crippen molar-refractivity contribution in [3.63, 3.8) is 0 Å². The highest BCUT2D eigenvalue weighted by Crippen LogP contribution is 2.10. The van der Waals surface area contributed by atoms with Gasteiger partial charge in [0, 0.05) is 25.0 Å². The Morgan fingerprint density at radius 3 is 2.75 bits per heavy atom. The predicted octanol–water partition coefficient (Wildman–Crippen LogP) is 2.23. The van der Waals surface area contributed by atoms with Crippen LogP contribution in [0, 0.1) is 0 Å². The molecule has 16 heavy (non-hydrogen) atoms. The van der Waals surface area contributed by atoms with Crippen LogP contribution in [0.4, 0.5) is 0 Å². The largest absolute Gasteiger partial charge is 0.308 e. The summed E-state index contributed by atoms with van der Waals surface area (Å²) >= 11 is 0. The lowest BCUT2D eigenvalue weighted by molar-refractivity contribution is 0.507. The number of benzene rings is 1. The molecule has 0 spiro atoms. The lowest BCUT2D eigenvalue weighted by atomic mass is 10.1. The van der Waals surface area contributed by atoms with Crippen LogP contribution in [0.5, 0.6) is 0 Å². The second kappa shape index (κ2) is 5.47. The maximum absolute atomic E-state index is 4.16. The van der Waals surface area contributed by atoms with E-state index in [2.05, 4.69) is 41.6 Å². The van der Waals surface area contributed by atoms with Crippen molar-refractivity contribution in [2.45, 2.75) is 19.5 Å². The standard InChI is InChI=1S/C13H17N3/c1-12(13-6-3-2-4-7-13)14-9-11-16-10-5-8-15-16/h2-8,10,12,14H,9,11H2,1H3/t12-/m1/s1. The summed E-state index contributed by atoms with van der Waals surface area (Å²) in [4.78, 5) is 0. The molecular formula is C13H17N3. The van der Waals surface area contributed by atoms with Crippen LogP contribution < -0.4 is 5.32 Å². The summed E-state index contributed by atoms with van der Waals surface area (Å²) in [6, 6.07) is 12.8. The van der Waals surface area contributed by atoms with Gasteiger partial charge in [-0.05, 0) is 18.6 Å². The predicted molar refractivity (Wildman–Crippen MR) is 65.1 cm³/mol. The highest BCUT2D eigenvalue weighted by atomic mass is 15.3. The van der Waals surface area contributed by atoms with Crippen LogP contribution in [0.2, 0.25) is 0 Å². The van der Waals surface area contributed by atoms with Gasteiger partial charge in [-0.3, -0.25) is 4.68 Å². The van der Waals surface area contributed by atoms with Crippen molar-refractivity contribution >= 4 is 0 Å². The molecule has 0 bridgehead atoms. The molecule has 0 saturated carbocycles. The smallest absolute Gasteiger partial charge is 0.0534 e. The fourth-order valence-electron chi connectivity index (χ4n) is 1.69. The van der Waals surface area contributed by atoms with Gasteiger partial charge in [-0.15, -0.1) is 0 Å². The van der Waals surface area contributed by atoms with Gasteiger partial charge < -0.3 is 5.32 Å². The van der Waals surface area contributed by atoms with Crippen molar-refractivity contribution in [2.75, 3.05) is 6.54 Å². The molecule has 1 aromatic carbocycles. The lowest BCUT2D eigenvalue weighted by Crippen LogP contribution is -2.23. The molecule has 2 rings (SSSR count). The summed E-state index contributed by atoms with van der Waals surface area (Å²) in [5.41, 5.74) is 1.32. The maximum Gasteiger partial charge on any atom is 0.0534 e. The van der Waals surface area contributed by atoms with E-state index in [1.807, 2.05) is 23.0 Å². The van der Waals surface area contributed by atoms with Crippen molar-refractivity contribution in [2.24, 2.45) is 0 Å². The average molecular weight is 215 g/mol. The van der Waals surface area contributed by atoms with Gasteiger partial charge in [0.05, 0.1) is 6.54 Å². The Bertz CT molecular complexity index is 394. The molecule has 0 fully saturated rings. The zero-order valence-electron chi connectivity index (χ0n) is 9.50. The summed E-state index contributed by atoms with van der Waals surface area (Å²) in [5.74, 6) is 0. The van der Waals surface area contributed by atoms with Gasteiger partial charge in [0.15, 0.2) is 0 Å². The SMILES string of the molecule is C[C@@H](NCCn1cccn1)c1ccccc1.